The lowest BCUT2D eigenvalue weighted by Gasteiger charge is -2.01. The number of rotatable bonds is 4. The summed E-state index contributed by atoms with van der Waals surface area (Å²) in [5, 5.41) is 0. The van der Waals surface area contributed by atoms with Gasteiger partial charge >= 0.3 is 5.97 Å². The zero-order chi connectivity index (χ0) is 12.0. The molecule has 1 aromatic rings. The number of esters is 1. The van der Waals surface area contributed by atoms with E-state index in [4.69, 9.17) is 4.74 Å². The highest BCUT2D eigenvalue weighted by Gasteiger charge is 2.02. The molecule has 0 saturated heterocycles. The molecule has 0 N–H and O–H groups in total. The lowest BCUT2D eigenvalue weighted by molar-refractivity contribution is -0.137. The molecular formula is C12H11BrO3. The van der Waals surface area contributed by atoms with Crippen molar-refractivity contribution in [2.45, 2.75) is 6.92 Å². The number of aldehydes is 1. The first-order valence-corrected chi connectivity index (χ1v) is 5.57. The molecule has 4 heteroatoms. The Morgan fingerprint density at radius 2 is 2.12 bits per heavy atom. The fourth-order valence-corrected chi connectivity index (χ4v) is 1.63. The van der Waals surface area contributed by atoms with E-state index < -0.39 is 5.97 Å². The fourth-order valence-electron chi connectivity index (χ4n) is 1.14. The van der Waals surface area contributed by atoms with Crippen molar-refractivity contribution in [2.75, 3.05) is 6.61 Å². The van der Waals surface area contributed by atoms with E-state index in [1.54, 1.807) is 31.2 Å². The van der Waals surface area contributed by atoms with Gasteiger partial charge in [0.25, 0.3) is 0 Å². The number of hydrogen-bond donors (Lipinski definition) is 0. The first kappa shape index (κ1) is 12.6. The monoisotopic (exact) mass is 282 g/mol. The van der Waals surface area contributed by atoms with Crippen molar-refractivity contribution in [2.24, 2.45) is 0 Å². The SMILES string of the molecule is CCOC(=O)C=Cc1cccc(C=O)c1Br. The summed E-state index contributed by atoms with van der Waals surface area (Å²) in [6, 6.07) is 5.24. The van der Waals surface area contributed by atoms with Crippen LogP contribution in [-0.2, 0) is 9.53 Å². The van der Waals surface area contributed by atoms with Crippen LogP contribution in [0.25, 0.3) is 6.08 Å². The van der Waals surface area contributed by atoms with Gasteiger partial charge in [0.1, 0.15) is 0 Å². The van der Waals surface area contributed by atoms with Crippen molar-refractivity contribution in [3.63, 3.8) is 0 Å². The third-order valence-electron chi connectivity index (χ3n) is 1.87. The molecule has 0 fully saturated rings. The minimum atomic E-state index is -0.397. The van der Waals surface area contributed by atoms with Crippen LogP contribution >= 0.6 is 15.9 Å². The van der Waals surface area contributed by atoms with E-state index in [9.17, 15) is 9.59 Å². The van der Waals surface area contributed by atoms with Crippen LogP contribution in [0.15, 0.2) is 28.7 Å². The number of carbonyl (C=O) groups is 2. The Hall–Kier alpha value is -1.42. The maximum Gasteiger partial charge on any atom is 0.330 e. The van der Waals surface area contributed by atoms with Crippen LogP contribution in [0.4, 0.5) is 0 Å². The lowest BCUT2D eigenvalue weighted by atomic mass is 10.1. The van der Waals surface area contributed by atoms with Gasteiger partial charge in [-0.05, 0) is 34.5 Å². The summed E-state index contributed by atoms with van der Waals surface area (Å²) in [4.78, 5) is 21.8. The molecular weight excluding hydrogens is 272 g/mol. The van der Waals surface area contributed by atoms with E-state index in [1.807, 2.05) is 0 Å². The molecule has 0 amide bonds. The van der Waals surface area contributed by atoms with Crippen LogP contribution in [-0.4, -0.2) is 18.9 Å². The van der Waals surface area contributed by atoms with E-state index in [0.29, 0.717) is 16.6 Å². The number of ether oxygens (including phenoxy) is 1. The van der Waals surface area contributed by atoms with Crippen molar-refractivity contribution in [3.8, 4) is 0 Å². The van der Waals surface area contributed by atoms with Crippen LogP contribution in [0.1, 0.15) is 22.8 Å². The summed E-state index contributed by atoms with van der Waals surface area (Å²) < 4.78 is 5.42. The van der Waals surface area contributed by atoms with Crippen LogP contribution in [0.3, 0.4) is 0 Å². The summed E-state index contributed by atoms with van der Waals surface area (Å²) >= 11 is 3.30. The normalized spacial score (nSPS) is 10.4. The fraction of sp³-hybridized carbons (Fsp3) is 0.167. The van der Waals surface area contributed by atoms with Crippen LogP contribution in [0.2, 0.25) is 0 Å². The molecule has 84 valence electrons. The topological polar surface area (TPSA) is 43.4 Å². The van der Waals surface area contributed by atoms with Gasteiger partial charge in [0.2, 0.25) is 0 Å². The van der Waals surface area contributed by atoms with Gasteiger partial charge in [-0.15, -0.1) is 0 Å². The molecule has 16 heavy (non-hydrogen) atoms. The Kier molecular flexibility index (Phi) is 4.92. The van der Waals surface area contributed by atoms with E-state index in [-0.39, 0.29) is 0 Å². The zero-order valence-corrected chi connectivity index (χ0v) is 10.4. The number of hydrogen-bond acceptors (Lipinski definition) is 3. The van der Waals surface area contributed by atoms with Gasteiger partial charge in [-0.1, -0.05) is 18.2 Å². The first-order chi connectivity index (χ1) is 7.69. The molecule has 0 heterocycles. The number of carbonyl (C=O) groups excluding carboxylic acids is 2. The van der Waals surface area contributed by atoms with E-state index in [2.05, 4.69) is 15.9 Å². The highest BCUT2D eigenvalue weighted by atomic mass is 79.9. The number of benzene rings is 1. The van der Waals surface area contributed by atoms with Crippen molar-refractivity contribution in [1.82, 2.24) is 0 Å². The molecule has 0 atom stereocenters. The van der Waals surface area contributed by atoms with E-state index in [1.165, 1.54) is 6.08 Å². The summed E-state index contributed by atoms with van der Waals surface area (Å²) in [6.45, 7) is 2.09. The summed E-state index contributed by atoms with van der Waals surface area (Å²) in [6.07, 6.45) is 3.69. The van der Waals surface area contributed by atoms with Crippen LogP contribution < -0.4 is 0 Å². The van der Waals surface area contributed by atoms with Crippen molar-refractivity contribution in [3.05, 3.63) is 39.9 Å². The van der Waals surface area contributed by atoms with Gasteiger partial charge in [0.05, 0.1) is 6.61 Å². The van der Waals surface area contributed by atoms with E-state index >= 15 is 0 Å². The average Bonchev–Trinajstić information content (AvgIpc) is 2.28. The van der Waals surface area contributed by atoms with Crippen molar-refractivity contribution >= 4 is 34.3 Å². The number of halogens is 1. The van der Waals surface area contributed by atoms with Gasteiger partial charge < -0.3 is 4.74 Å². The minimum Gasteiger partial charge on any atom is -0.463 e. The molecule has 0 spiro atoms. The molecule has 0 aromatic heterocycles. The highest BCUT2D eigenvalue weighted by molar-refractivity contribution is 9.10. The average molecular weight is 283 g/mol. The molecule has 0 saturated carbocycles. The minimum absolute atomic E-state index is 0.346. The van der Waals surface area contributed by atoms with Gasteiger partial charge in [-0.3, -0.25) is 4.79 Å². The van der Waals surface area contributed by atoms with Gasteiger partial charge in [-0.2, -0.15) is 0 Å². The Morgan fingerprint density at radius 3 is 2.75 bits per heavy atom. The molecule has 3 nitrogen and oxygen atoms in total. The molecule has 1 aromatic carbocycles. The molecule has 0 aliphatic heterocycles. The molecule has 0 aliphatic rings. The maximum absolute atomic E-state index is 11.1. The Morgan fingerprint density at radius 1 is 1.44 bits per heavy atom. The smallest absolute Gasteiger partial charge is 0.330 e. The third kappa shape index (κ3) is 3.31. The van der Waals surface area contributed by atoms with Gasteiger partial charge in [-0.25, -0.2) is 4.79 Å². The quantitative estimate of drug-likeness (QED) is 0.485. The van der Waals surface area contributed by atoms with Gasteiger partial charge in [0.15, 0.2) is 6.29 Å². The Labute approximate surface area is 102 Å². The standard InChI is InChI=1S/C12H11BrO3/c1-2-16-11(15)7-6-9-4-3-5-10(8-14)12(9)13/h3-8H,2H2,1H3. The molecule has 0 radical (unpaired) electrons. The van der Waals surface area contributed by atoms with Crippen molar-refractivity contribution in [1.29, 1.82) is 0 Å². The molecule has 1 rings (SSSR count). The predicted octanol–water partition coefficient (Wildman–Crippen LogP) is 2.84. The molecule has 0 unspecified atom stereocenters. The van der Waals surface area contributed by atoms with Crippen molar-refractivity contribution < 1.29 is 14.3 Å². The highest BCUT2D eigenvalue weighted by Crippen LogP contribution is 2.21. The Bertz CT molecular complexity index is 424. The second-order valence-electron chi connectivity index (χ2n) is 2.95. The van der Waals surface area contributed by atoms with Crippen LogP contribution in [0.5, 0.6) is 0 Å². The summed E-state index contributed by atoms with van der Waals surface area (Å²) in [5.74, 6) is -0.397. The molecule has 0 aliphatic carbocycles. The summed E-state index contributed by atoms with van der Waals surface area (Å²) in [7, 11) is 0. The second kappa shape index (κ2) is 6.23. The first-order valence-electron chi connectivity index (χ1n) is 4.77. The second-order valence-corrected chi connectivity index (χ2v) is 3.75. The summed E-state index contributed by atoms with van der Waals surface area (Å²) in [5.41, 5.74) is 1.31. The zero-order valence-electron chi connectivity index (χ0n) is 8.77. The maximum atomic E-state index is 11.1. The van der Waals surface area contributed by atoms with Gasteiger partial charge in [0, 0.05) is 16.1 Å². The van der Waals surface area contributed by atoms with Crippen LogP contribution in [0, 0.1) is 0 Å². The predicted molar refractivity (Wildman–Crippen MR) is 65.2 cm³/mol. The lowest BCUT2D eigenvalue weighted by Crippen LogP contribution is -1.98. The van der Waals surface area contributed by atoms with E-state index in [0.717, 1.165) is 11.8 Å². The molecule has 0 bridgehead atoms. The Balaban J connectivity index is 2.89. The third-order valence-corrected chi connectivity index (χ3v) is 2.79. The largest absolute Gasteiger partial charge is 0.463 e.